The molecule has 0 bridgehead atoms. The zero-order valence-electron chi connectivity index (χ0n) is 23.1. The van der Waals surface area contributed by atoms with Crippen LogP contribution in [-0.4, -0.2) is 21.6 Å². The Morgan fingerprint density at radius 2 is 1.50 bits per heavy atom. The largest absolute Gasteiger partial charge is 0.494 e. The molecule has 2 aliphatic rings. The molecular formula is C36H31IrN3. The Bertz CT molecular complexity index is 1690. The second-order valence-corrected chi connectivity index (χ2v) is 10.7. The van der Waals surface area contributed by atoms with E-state index in [1.54, 1.807) is 6.20 Å². The summed E-state index contributed by atoms with van der Waals surface area (Å²) in [6, 6.07) is 45.9. The van der Waals surface area contributed by atoms with Gasteiger partial charge in [-0.05, 0) is 36.6 Å². The Morgan fingerprint density at radius 3 is 2.23 bits per heavy atom. The van der Waals surface area contributed by atoms with E-state index in [1.165, 1.54) is 27.9 Å². The zero-order valence-corrected chi connectivity index (χ0v) is 25.5. The Morgan fingerprint density at radius 1 is 0.775 bits per heavy atom. The fourth-order valence-corrected chi connectivity index (χ4v) is 5.48. The average Bonchev–Trinajstić information content (AvgIpc) is 3.48. The maximum absolute atomic E-state index is 4.22. The Labute approximate surface area is 250 Å². The third-order valence-corrected chi connectivity index (χ3v) is 7.50. The topological polar surface area (TPSA) is 18.9 Å². The number of nitrogens with zero attached hydrogens (tertiary/aromatic N) is 3. The van der Waals surface area contributed by atoms with Gasteiger partial charge in [0, 0.05) is 38.4 Å². The Hall–Kier alpha value is -3.94. The summed E-state index contributed by atoms with van der Waals surface area (Å²) in [6.45, 7) is 9.01. The van der Waals surface area contributed by atoms with Crippen LogP contribution >= 0.6 is 0 Å². The fourth-order valence-electron chi connectivity index (χ4n) is 5.48. The number of hydrogen-bond donors (Lipinski definition) is 0. The summed E-state index contributed by atoms with van der Waals surface area (Å²) >= 11 is 0. The number of hydrogen-bond acceptors (Lipinski definition) is 1. The second kappa shape index (κ2) is 11.3. The summed E-state index contributed by atoms with van der Waals surface area (Å²) in [5.74, 6) is 0. The van der Waals surface area contributed by atoms with E-state index in [4.69, 9.17) is 0 Å². The number of benzene rings is 4. The van der Waals surface area contributed by atoms with E-state index < -0.39 is 0 Å². The predicted octanol–water partition coefficient (Wildman–Crippen LogP) is 8.41. The average molecular weight is 698 g/mol. The number of rotatable bonds is 3. The van der Waals surface area contributed by atoms with Crippen LogP contribution in [-0.2, 0) is 25.5 Å². The molecule has 1 aromatic heterocycles. The predicted molar refractivity (Wildman–Crippen MR) is 159 cm³/mol. The molecule has 1 aliphatic heterocycles. The van der Waals surface area contributed by atoms with E-state index >= 15 is 0 Å². The van der Waals surface area contributed by atoms with Gasteiger partial charge >= 0.3 is 6.01 Å². The van der Waals surface area contributed by atoms with Crippen LogP contribution < -0.4 is 4.58 Å². The summed E-state index contributed by atoms with van der Waals surface area (Å²) in [6.07, 6.45) is 1.79. The minimum absolute atomic E-state index is 0. The van der Waals surface area contributed by atoms with Gasteiger partial charge in [-0.15, -0.1) is 53.1 Å². The van der Waals surface area contributed by atoms with Crippen LogP contribution in [0.1, 0.15) is 38.8 Å². The molecule has 1 aliphatic carbocycles. The van der Waals surface area contributed by atoms with Gasteiger partial charge in [0.15, 0.2) is 6.04 Å². The molecule has 0 amide bonds. The van der Waals surface area contributed by atoms with Gasteiger partial charge in [-0.2, -0.15) is 6.07 Å². The van der Waals surface area contributed by atoms with E-state index in [2.05, 4.69) is 121 Å². The van der Waals surface area contributed by atoms with Crippen LogP contribution in [0.15, 0.2) is 109 Å². The molecule has 40 heavy (non-hydrogen) atoms. The summed E-state index contributed by atoms with van der Waals surface area (Å²) in [7, 11) is 0. The van der Waals surface area contributed by atoms with Crippen molar-refractivity contribution in [2.45, 2.75) is 39.2 Å². The first-order valence-electron chi connectivity index (χ1n) is 13.4. The first-order valence-corrected chi connectivity index (χ1v) is 13.4. The van der Waals surface area contributed by atoms with Gasteiger partial charge in [-0.3, -0.25) is 0 Å². The van der Waals surface area contributed by atoms with Gasteiger partial charge in [-0.25, -0.2) is 0 Å². The minimum atomic E-state index is -0.00719. The molecule has 3 nitrogen and oxygen atoms in total. The van der Waals surface area contributed by atoms with Crippen molar-refractivity contribution in [1.29, 1.82) is 0 Å². The second-order valence-electron chi connectivity index (χ2n) is 10.7. The third kappa shape index (κ3) is 4.91. The van der Waals surface area contributed by atoms with Crippen molar-refractivity contribution in [2.24, 2.45) is 0 Å². The monoisotopic (exact) mass is 698 g/mol. The summed E-state index contributed by atoms with van der Waals surface area (Å²) < 4.78 is 4.35. The van der Waals surface area contributed by atoms with E-state index in [1.807, 2.05) is 42.5 Å². The molecule has 5 aromatic rings. The molecule has 4 heteroatoms. The van der Waals surface area contributed by atoms with E-state index in [0.717, 1.165) is 22.6 Å². The summed E-state index contributed by atoms with van der Waals surface area (Å²) in [4.78, 5) is 4.22. The summed E-state index contributed by atoms with van der Waals surface area (Å²) in [5, 5.41) is 0. The van der Waals surface area contributed by atoms with Gasteiger partial charge in [0.1, 0.15) is 5.69 Å². The quantitative estimate of drug-likeness (QED) is 0.137. The van der Waals surface area contributed by atoms with E-state index in [9.17, 15) is 0 Å². The van der Waals surface area contributed by atoms with E-state index in [0.29, 0.717) is 6.04 Å². The van der Waals surface area contributed by atoms with Gasteiger partial charge in [-0.1, -0.05) is 83.2 Å². The van der Waals surface area contributed by atoms with Crippen molar-refractivity contribution < 1.29 is 24.7 Å². The Balaban J connectivity index is 0.000000209. The zero-order chi connectivity index (χ0) is 27.0. The van der Waals surface area contributed by atoms with Gasteiger partial charge in [0.25, 0.3) is 11.4 Å². The van der Waals surface area contributed by atoms with Crippen molar-refractivity contribution in [2.75, 3.05) is 0 Å². The van der Waals surface area contributed by atoms with Crippen molar-refractivity contribution in [3.05, 3.63) is 133 Å². The molecule has 0 saturated carbocycles. The molecule has 0 fully saturated rings. The van der Waals surface area contributed by atoms with Crippen LogP contribution in [0.4, 0.5) is 17.1 Å². The first kappa shape index (κ1) is 27.6. The van der Waals surface area contributed by atoms with Crippen LogP contribution in [0.2, 0.25) is 0 Å². The number of pyridine rings is 1. The molecule has 0 atom stereocenters. The van der Waals surface area contributed by atoms with Crippen molar-refractivity contribution >= 4 is 23.1 Å². The summed E-state index contributed by atoms with van der Waals surface area (Å²) in [5.41, 5.74) is 10.8. The van der Waals surface area contributed by atoms with Crippen LogP contribution in [0.5, 0.6) is 0 Å². The molecule has 0 N–H and O–H groups in total. The number of aromatic nitrogens is 1. The van der Waals surface area contributed by atoms with Crippen molar-refractivity contribution in [1.82, 2.24) is 9.56 Å². The first-order chi connectivity index (χ1) is 18.9. The molecule has 0 unspecified atom stereocenters. The SMILES string of the molecule is CC(C)[N+]1=C=[N+](c2[c-]cc3c(c2)C(C)(C)c2ccccc2-3)c2ccccc21.[Ir].[c-]1ccccc1-c1ccccn1. The molecule has 199 valence electrons. The normalized spacial score (nSPS) is 13.6. The maximum atomic E-state index is 4.22. The van der Waals surface area contributed by atoms with Crippen molar-refractivity contribution in [3.63, 3.8) is 0 Å². The van der Waals surface area contributed by atoms with E-state index in [-0.39, 0.29) is 25.5 Å². The third-order valence-electron chi connectivity index (χ3n) is 7.50. The van der Waals surface area contributed by atoms with Crippen LogP contribution in [0.3, 0.4) is 0 Å². The van der Waals surface area contributed by atoms with Crippen LogP contribution in [0.25, 0.3) is 22.4 Å². The smallest absolute Gasteiger partial charge is 0.305 e. The molecule has 2 heterocycles. The molecular weight excluding hydrogens is 667 g/mol. The maximum Gasteiger partial charge on any atom is 0.494 e. The fraction of sp³-hybridized carbons (Fsp3) is 0.167. The molecule has 4 aromatic carbocycles. The Kier molecular flexibility index (Phi) is 7.79. The van der Waals surface area contributed by atoms with Gasteiger partial charge in [0.2, 0.25) is 0 Å². The molecule has 0 saturated heterocycles. The van der Waals surface area contributed by atoms with Crippen LogP contribution in [0, 0.1) is 12.1 Å². The van der Waals surface area contributed by atoms with Gasteiger partial charge < -0.3 is 4.98 Å². The molecule has 0 spiro atoms. The molecule has 1 radical (unpaired) electrons. The number of fused-ring (bicyclic) bond motifs is 4. The minimum Gasteiger partial charge on any atom is -0.305 e. The van der Waals surface area contributed by atoms with Gasteiger partial charge in [0.05, 0.1) is 0 Å². The standard InChI is InChI=1S/C25H23N2.C11H8N.Ir/c1-17(2)26-16-27(24-12-8-7-11-23(24)26)18-13-14-20-19-9-5-6-10-21(19)25(3,4)22(20)15-18;1-2-6-10(7-3-1)11-8-4-5-9-12-11;/h5-12,14-15,17H,1-4H3;1-6,8-9H;/q+1;-1;. The number of para-hydroxylation sites is 2. The molecule has 7 rings (SSSR count). The van der Waals surface area contributed by atoms with Crippen molar-refractivity contribution in [3.8, 4) is 22.4 Å².